The van der Waals surface area contributed by atoms with Crippen LogP contribution in [0.5, 0.6) is 17.2 Å². The number of hydrogen-bond donors (Lipinski definition) is 1. The Labute approximate surface area is 270 Å². The van der Waals surface area contributed by atoms with Gasteiger partial charge in [0.25, 0.3) is 0 Å². The smallest absolute Gasteiger partial charge is 0.308 e. The maximum absolute atomic E-state index is 14.5. The van der Waals surface area contributed by atoms with Gasteiger partial charge in [-0.3, -0.25) is 14.5 Å². The zero-order chi connectivity index (χ0) is 33.0. The molecule has 0 bridgehead atoms. The number of carbonyl (C=O) groups is 2. The Morgan fingerprint density at radius 3 is 2.52 bits per heavy atom. The number of aryl methyl sites for hydroxylation is 3. The van der Waals surface area contributed by atoms with E-state index >= 15 is 0 Å². The summed E-state index contributed by atoms with van der Waals surface area (Å²) in [5, 5.41) is 10.7. The lowest BCUT2D eigenvalue weighted by atomic mass is 9.83. The molecule has 3 aromatic rings. The van der Waals surface area contributed by atoms with Gasteiger partial charge < -0.3 is 28.8 Å². The van der Waals surface area contributed by atoms with Gasteiger partial charge in [-0.15, -0.1) is 0 Å². The minimum absolute atomic E-state index is 0.0418. The fourth-order valence-corrected chi connectivity index (χ4v) is 7.26. The zero-order valence-corrected chi connectivity index (χ0v) is 27.5. The van der Waals surface area contributed by atoms with E-state index in [0.717, 1.165) is 36.9 Å². The molecule has 0 saturated carbocycles. The van der Waals surface area contributed by atoms with Crippen molar-refractivity contribution in [3.63, 3.8) is 0 Å². The molecule has 2 aliphatic rings. The number of halogens is 1. The molecule has 5 rings (SSSR count). The number of nitrogens with zero attached hydrogens (tertiary/aromatic N) is 3. The summed E-state index contributed by atoms with van der Waals surface area (Å²) in [4.78, 5) is 31.5. The van der Waals surface area contributed by atoms with Crippen LogP contribution in [0.1, 0.15) is 68.7 Å². The number of carbonyl (C=O) groups excluding carboxylic acids is 1. The van der Waals surface area contributed by atoms with Crippen LogP contribution in [0.25, 0.3) is 0 Å². The molecule has 0 radical (unpaired) electrons. The van der Waals surface area contributed by atoms with Crippen molar-refractivity contribution < 1.29 is 33.3 Å². The molecule has 1 amide bonds. The Hall–Kier alpha value is -4.05. The lowest BCUT2D eigenvalue weighted by Gasteiger charge is -2.35. The van der Waals surface area contributed by atoms with E-state index in [-0.39, 0.29) is 31.1 Å². The molecular weight excluding hydrogens is 589 g/mol. The first kappa shape index (κ1) is 33.3. The molecule has 46 heavy (non-hydrogen) atoms. The summed E-state index contributed by atoms with van der Waals surface area (Å²) in [5.74, 6) is -1.02. The van der Waals surface area contributed by atoms with Crippen molar-refractivity contribution in [1.29, 1.82) is 0 Å². The molecular formula is C36H46FN3O6. The third kappa shape index (κ3) is 6.87. The summed E-state index contributed by atoms with van der Waals surface area (Å²) in [6.45, 7) is 6.38. The van der Waals surface area contributed by atoms with Crippen molar-refractivity contribution in [1.82, 2.24) is 9.47 Å². The predicted octanol–water partition coefficient (Wildman–Crippen LogP) is 6.31. The number of likely N-dealkylation sites (tertiary alicyclic amines) is 1. The quantitative estimate of drug-likeness (QED) is 0.222. The molecule has 248 valence electrons. The second kappa shape index (κ2) is 14.6. The number of aromatic nitrogens is 1. The highest BCUT2D eigenvalue weighted by atomic mass is 19.1. The van der Waals surface area contributed by atoms with Gasteiger partial charge in [-0.1, -0.05) is 26.7 Å². The summed E-state index contributed by atoms with van der Waals surface area (Å²) in [7, 11) is 3.53. The number of aliphatic carboxylic acids is 1. The highest BCUT2D eigenvalue weighted by Crippen LogP contribution is 2.47. The van der Waals surface area contributed by atoms with Crippen LogP contribution in [0.2, 0.25) is 0 Å². The molecule has 10 heteroatoms. The maximum Gasteiger partial charge on any atom is 0.308 e. The van der Waals surface area contributed by atoms with E-state index in [0.29, 0.717) is 47.9 Å². The van der Waals surface area contributed by atoms with Crippen LogP contribution >= 0.6 is 0 Å². The van der Waals surface area contributed by atoms with Crippen LogP contribution in [0, 0.1) is 18.7 Å². The summed E-state index contributed by atoms with van der Waals surface area (Å²) >= 11 is 0. The van der Waals surface area contributed by atoms with Crippen molar-refractivity contribution in [3.05, 3.63) is 71.3 Å². The van der Waals surface area contributed by atoms with E-state index in [2.05, 4.69) is 13.8 Å². The second-order valence-electron chi connectivity index (χ2n) is 12.5. The molecule has 2 aromatic carbocycles. The topological polar surface area (TPSA) is 93.5 Å². The van der Waals surface area contributed by atoms with Crippen LogP contribution in [-0.2, 0) is 23.1 Å². The van der Waals surface area contributed by atoms with Crippen LogP contribution in [-0.4, -0.2) is 65.5 Å². The number of carboxylic acids is 1. The number of amides is 1. The van der Waals surface area contributed by atoms with Gasteiger partial charge in [-0.2, -0.15) is 0 Å². The average molecular weight is 636 g/mol. The largest absolute Gasteiger partial charge is 0.493 e. The number of hydrogen-bond acceptors (Lipinski definition) is 6. The van der Waals surface area contributed by atoms with Crippen molar-refractivity contribution in [3.8, 4) is 17.2 Å². The minimum atomic E-state index is -0.908. The van der Waals surface area contributed by atoms with Gasteiger partial charge in [0.05, 0.1) is 19.6 Å². The lowest BCUT2D eigenvalue weighted by Crippen LogP contribution is -2.48. The minimum Gasteiger partial charge on any atom is -0.493 e. The Balaban J connectivity index is 1.52. The third-order valence-corrected chi connectivity index (χ3v) is 9.53. The monoisotopic (exact) mass is 635 g/mol. The van der Waals surface area contributed by atoms with E-state index in [1.165, 1.54) is 6.07 Å². The van der Waals surface area contributed by atoms with Crippen LogP contribution in [0.15, 0.2) is 48.7 Å². The normalized spacial score (nSPS) is 19.2. The summed E-state index contributed by atoms with van der Waals surface area (Å²) < 4.78 is 33.2. The van der Waals surface area contributed by atoms with Crippen LogP contribution < -0.4 is 19.1 Å². The summed E-state index contributed by atoms with van der Waals surface area (Å²) in [5.41, 5.74) is 3.01. The van der Waals surface area contributed by atoms with E-state index in [1.54, 1.807) is 26.2 Å². The highest BCUT2D eigenvalue weighted by molar-refractivity contribution is 5.95. The molecule has 1 fully saturated rings. The first-order valence-electron chi connectivity index (χ1n) is 16.3. The van der Waals surface area contributed by atoms with Gasteiger partial charge in [-0.05, 0) is 86.2 Å². The summed E-state index contributed by atoms with van der Waals surface area (Å²) in [6.07, 6.45) is 6.61. The summed E-state index contributed by atoms with van der Waals surface area (Å²) in [6, 6.07) is 12.1. The Bertz CT molecular complexity index is 1530. The van der Waals surface area contributed by atoms with Gasteiger partial charge in [0.15, 0.2) is 11.5 Å². The van der Waals surface area contributed by atoms with Gasteiger partial charge in [0.2, 0.25) is 18.4 Å². The van der Waals surface area contributed by atoms with E-state index < -0.39 is 23.8 Å². The number of carboxylic acid groups (broad SMARTS) is 1. The third-order valence-electron chi connectivity index (χ3n) is 9.53. The Morgan fingerprint density at radius 1 is 1.13 bits per heavy atom. The zero-order valence-electron chi connectivity index (χ0n) is 27.5. The number of anilines is 1. The van der Waals surface area contributed by atoms with Gasteiger partial charge >= 0.3 is 5.97 Å². The van der Waals surface area contributed by atoms with E-state index in [1.807, 2.05) is 51.9 Å². The Kier molecular flexibility index (Phi) is 10.6. The van der Waals surface area contributed by atoms with Crippen molar-refractivity contribution in [2.24, 2.45) is 13.0 Å². The maximum atomic E-state index is 14.5. The van der Waals surface area contributed by atoms with Crippen LogP contribution in [0.4, 0.5) is 10.1 Å². The van der Waals surface area contributed by atoms with Crippen molar-refractivity contribution in [2.75, 3.05) is 31.9 Å². The van der Waals surface area contributed by atoms with Gasteiger partial charge in [0, 0.05) is 49.2 Å². The standard InChI is InChI=1S/C36H46FN3O6/c1-6-9-26(10-7-2)40(27-12-14-29(37)23(3)17-27)33(41)21-39-20-28(24-18-31(44-5)35-32(19-24)45-22-46-35)34(36(42)43)30(39)15-13-25-11-8-16-38(25)4/h8,11-12,14,16-19,26,28,30,34H,6-7,9-10,13,15,20-22H2,1-5H3,(H,42,43)/t28-,30+,34-/m1/s1. The number of fused-ring (bicyclic) bond motifs is 1. The first-order valence-corrected chi connectivity index (χ1v) is 16.3. The number of ether oxygens (including phenoxy) is 3. The molecule has 1 saturated heterocycles. The number of methoxy groups -OCH3 is 1. The van der Waals surface area contributed by atoms with Crippen molar-refractivity contribution >= 4 is 17.6 Å². The molecule has 0 aliphatic carbocycles. The fourth-order valence-electron chi connectivity index (χ4n) is 7.26. The molecule has 0 unspecified atom stereocenters. The highest BCUT2D eigenvalue weighted by Gasteiger charge is 2.48. The van der Waals surface area contributed by atoms with E-state index in [4.69, 9.17) is 14.2 Å². The number of benzene rings is 2. The molecule has 1 N–H and O–H groups in total. The SMILES string of the molecule is CCCC(CCC)N(C(=O)CN1C[C@H](c2cc(OC)c3c(c2)OCO3)[C@@H](C(=O)O)[C@@H]1CCc1cccn1C)c1ccc(F)c(C)c1. The molecule has 1 aromatic heterocycles. The molecule has 0 spiro atoms. The fraction of sp³-hybridized carbons (Fsp3) is 0.500. The Morgan fingerprint density at radius 2 is 1.89 bits per heavy atom. The predicted molar refractivity (Wildman–Crippen MR) is 174 cm³/mol. The van der Waals surface area contributed by atoms with E-state index in [9.17, 15) is 19.1 Å². The van der Waals surface area contributed by atoms with Gasteiger partial charge in [0.1, 0.15) is 5.82 Å². The molecule has 2 aliphatic heterocycles. The second-order valence-corrected chi connectivity index (χ2v) is 12.5. The molecule has 3 heterocycles. The lowest BCUT2D eigenvalue weighted by molar-refractivity contribution is -0.143. The average Bonchev–Trinajstić information content (AvgIpc) is 3.76. The van der Waals surface area contributed by atoms with Crippen LogP contribution in [0.3, 0.4) is 0 Å². The molecule has 9 nitrogen and oxygen atoms in total. The van der Waals surface area contributed by atoms with Crippen molar-refractivity contribution in [2.45, 2.75) is 77.3 Å². The number of rotatable bonds is 14. The van der Waals surface area contributed by atoms with Gasteiger partial charge in [-0.25, -0.2) is 4.39 Å². The first-order chi connectivity index (χ1) is 22.2. The molecule has 3 atom stereocenters.